The van der Waals surface area contributed by atoms with E-state index >= 15 is 0 Å². The zero-order chi connectivity index (χ0) is 22.7. The van der Waals surface area contributed by atoms with Gasteiger partial charge >= 0.3 is 0 Å². The smallest absolute Gasteiger partial charge is 0.127 e. The van der Waals surface area contributed by atoms with Crippen molar-refractivity contribution in [2.45, 2.75) is 26.6 Å². The van der Waals surface area contributed by atoms with E-state index in [1.807, 2.05) is 36.4 Å². The number of ether oxygens (including phenoxy) is 2. The highest BCUT2D eigenvalue weighted by Gasteiger charge is 2.06. The van der Waals surface area contributed by atoms with Crippen LogP contribution in [0.25, 0.3) is 17.2 Å². The molecule has 2 heteroatoms. The maximum absolute atomic E-state index is 6.19. The summed E-state index contributed by atoms with van der Waals surface area (Å²) in [6, 6.07) is 35.5. The van der Waals surface area contributed by atoms with E-state index in [0.29, 0.717) is 19.8 Å². The fourth-order valence-corrected chi connectivity index (χ4v) is 3.68. The SMILES string of the molecule is Cc1cccc(-c2ccc(OCc3ccccc3)c(/C=C/CCOCc3ccccc3)c2)c1. The largest absolute Gasteiger partial charge is 0.488 e. The molecule has 0 unspecified atom stereocenters. The first-order chi connectivity index (χ1) is 16.3. The molecule has 4 aromatic rings. The van der Waals surface area contributed by atoms with Crippen LogP contribution in [0.4, 0.5) is 0 Å². The Bertz CT molecular complexity index is 1160. The highest BCUT2D eigenvalue weighted by Crippen LogP contribution is 2.29. The molecule has 0 aliphatic heterocycles. The Labute approximate surface area is 197 Å². The molecule has 0 aromatic heterocycles. The summed E-state index contributed by atoms with van der Waals surface area (Å²) in [6.45, 7) is 3.99. The number of hydrogen-bond donors (Lipinski definition) is 0. The lowest BCUT2D eigenvalue weighted by Gasteiger charge is -2.12. The van der Waals surface area contributed by atoms with Gasteiger partial charge in [-0.1, -0.05) is 109 Å². The van der Waals surface area contributed by atoms with E-state index in [4.69, 9.17) is 9.47 Å². The molecule has 2 nitrogen and oxygen atoms in total. The maximum atomic E-state index is 6.19. The molecule has 4 rings (SSSR count). The number of aryl methyl sites for hydroxylation is 1. The van der Waals surface area contributed by atoms with Crippen LogP contribution >= 0.6 is 0 Å². The summed E-state index contributed by atoms with van der Waals surface area (Å²) in [7, 11) is 0. The minimum Gasteiger partial charge on any atom is -0.488 e. The Morgan fingerprint density at radius 3 is 2.09 bits per heavy atom. The second kappa shape index (κ2) is 11.8. The predicted molar refractivity (Wildman–Crippen MR) is 137 cm³/mol. The molecular formula is C31H30O2. The van der Waals surface area contributed by atoms with Gasteiger partial charge in [0.25, 0.3) is 0 Å². The van der Waals surface area contributed by atoms with Gasteiger partial charge < -0.3 is 9.47 Å². The van der Waals surface area contributed by atoms with Gasteiger partial charge in [-0.25, -0.2) is 0 Å². The van der Waals surface area contributed by atoms with Crippen LogP contribution in [0.15, 0.2) is 109 Å². The van der Waals surface area contributed by atoms with Gasteiger partial charge in [-0.2, -0.15) is 0 Å². The minimum absolute atomic E-state index is 0.547. The van der Waals surface area contributed by atoms with Gasteiger partial charge in [0.15, 0.2) is 0 Å². The van der Waals surface area contributed by atoms with Gasteiger partial charge in [0.05, 0.1) is 13.2 Å². The van der Waals surface area contributed by atoms with E-state index in [2.05, 4.69) is 85.8 Å². The average Bonchev–Trinajstić information content (AvgIpc) is 2.86. The zero-order valence-electron chi connectivity index (χ0n) is 19.1. The van der Waals surface area contributed by atoms with Crippen LogP contribution in [-0.2, 0) is 18.0 Å². The second-order valence-corrected chi connectivity index (χ2v) is 8.13. The van der Waals surface area contributed by atoms with Crippen molar-refractivity contribution in [3.8, 4) is 16.9 Å². The number of benzene rings is 4. The molecular weight excluding hydrogens is 404 g/mol. The van der Waals surface area contributed by atoms with Crippen LogP contribution in [-0.4, -0.2) is 6.61 Å². The molecule has 0 atom stereocenters. The third-order valence-corrected chi connectivity index (χ3v) is 5.44. The van der Waals surface area contributed by atoms with E-state index < -0.39 is 0 Å². The van der Waals surface area contributed by atoms with E-state index in [1.165, 1.54) is 22.3 Å². The van der Waals surface area contributed by atoms with Crippen molar-refractivity contribution in [2.24, 2.45) is 0 Å². The predicted octanol–water partition coefficient (Wildman–Crippen LogP) is 7.86. The number of rotatable bonds is 10. The molecule has 0 saturated heterocycles. The molecule has 0 aliphatic rings. The summed E-state index contributed by atoms with van der Waals surface area (Å²) in [5, 5.41) is 0. The Morgan fingerprint density at radius 1 is 0.667 bits per heavy atom. The molecule has 0 N–H and O–H groups in total. The van der Waals surface area contributed by atoms with Crippen LogP contribution < -0.4 is 4.74 Å². The van der Waals surface area contributed by atoms with E-state index in [-0.39, 0.29) is 0 Å². The van der Waals surface area contributed by atoms with Crippen LogP contribution in [0.2, 0.25) is 0 Å². The summed E-state index contributed by atoms with van der Waals surface area (Å²) in [4.78, 5) is 0. The van der Waals surface area contributed by atoms with Crippen molar-refractivity contribution < 1.29 is 9.47 Å². The standard InChI is InChI=1S/C31H30O2/c1-25-11-10-17-28(21-25)29-18-19-31(33-24-27-14-6-3-7-15-27)30(22-29)16-8-9-20-32-23-26-12-4-2-5-13-26/h2-8,10-19,21-22H,9,20,23-24H2,1H3/b16-8+. The fraction of sp³-hybridized carbons (Fsp3) is 0.161. The molecule has 33 heavy (non-hydrogen) atoms. The first kappa shape index (κ1) is 22.6. The summed E-state index contributed by atoms with van der Waals surface area (Å²) in [5.74, 6) is 0.886. The lowest BCUT2D eigenvalue weighted by molar-refractivity contribution is 0.125. The van der Waals surface area contributed by atoms with Crippen LogP contribution in [0.1, 0.15) is 28.7 Å². The van der Waals surface area contributed by atoms with Gasteiger partial charge in [0, 0.05) is 5.56 Å². The molecule has 0 aliphatic carbocycles. The Balaban J connectivity index is 1.44. The topological polar surface area (TPSA) is 18.5 Å². The monoisotopic (exact) mass is 434 g/mol. The molecule has 0 saturated carbocycles. The Morgan fingerprint density at radius 2 is 1.36 bits per heavy atom. The van der Waals surface area contributed by atoms with Crippen molar-refractivity contribution in [1.82, 2.24) is 0 Å². The van der Waals surface area contributed by atoms with Crippen LogP contribution in [0, 0.1) is 6.92 Å². The van der Waals surface area contributed by atoms with Gasteiger partial charge in [0.2, 0.25) is 0 Å². The van der Waals surface area contributed by atoms with Crippen molar-refractivity contribution in [3.05, 3.63) is 131 Å². The number of hydrogen-bond acceptors (Lipinski definition) is 2. The van der Waals surface area contributed by atoms with E-state index in [9.17, 15) is 0 Å². The quantitative estimate of drug-likeness (QED) is 0.237. The molecule has 0 amide bonds. The molecule has 0 heterocycles. The van der Waals surface area contributed by atoms with Crippen molar-refractivity contribution in [1.29, 1.82) is 0 Å². The highest BCUT2D eigenvalue weighted by atomic mass is 16.5. The summed E-state index contributed by atoms with van der Waals surface area (Å²) in [6.07, 6.45) is 5.15. The second-order valence-electron chi connectivity index (χ2n) is 8.13. The first-order valence-corrected chi connectivity index (χ1v) is 11.4. The summed E-state index contributed by atoms with van der Waals surface area (Å²) >= 11 is 0. The molecule has 0 spiro atoms. The molecule has 4 aromatic carbocycles. The van der Waals surface area contributed by atoms with Crippen molar-refractivity contribution in [2.75, 3.05) is 6.61 Å². The van der Waals surface area contributed by atoms with Gasteiger partial charge in [-0.3, -0.25) is 0 Å². The normalized spacial score (nSPS) is 11.1. The van der Waals surface area contributed by atoms with Crippen molar-refractivity contribution >= 4 is 6.08 Å². The average molecular weight is 435 g/mol. The van der Waals surface area contributed by atoms with Gasteiger partial charge in [0.1, 0.15) is 12.4 Å². The van der Waals surface area contributed by atoms with E-state index in [0.717, 1.165) is 23.3 Å². The molecule has 0 bridgehead atoms. The Hall–Kier alpha value is -3.62. The fourth-order valence-electron chi connectivity index (χ4n) is 3.68. The van der Waals surface area contributed by atoms with Crippen LogP contribution in [0.3, 0.4) is 0 Å². The molecule has 0 fully saturated rings. The highest BCUT2D eigenvalue weighted by molar-refractivity contribution is 5.71. The lowest BCUT2D eigenvalue weighted by atomic mass is 10.0. The van der Waals surface area contributed by atoms with Crippen LogP contribution in [0.5, 0.6) is 5.75 Å². The molecule has 166 valence electrons. The maximum Gasteiger partial charge on any atom is 0.127 e. The third-order valence-electron chi connectivity index (χ3n) is 5.44. The lowest BCUT2D eigenvalue weighted by Crippen LogP contribution is -1.97. The third kappa shape index (κ3) is 6.93. The summed E-state index contributed by atoms with van der Waals surface area (Å²) in [5.41, 5.74) is 7.09. The van der Waals surface area contributed by atoms with E-state index in [1.54, 1.807) is 0 Å². The van der Waals surface area contributed by atoms with Crippen molar-refractivity contribution in [3.63, 3.8) is 0 Å². The van der Waals surface area contributed by atoms with Gasteiger partial charge in [-0.15, -0.1) is 0 Å². The zero-order valence-corrected chi connectivity index (χ0v) is 19.1. The minimum atomic E-state index is 0.547. The molecule has 0 radical (unpaired) electrons. The van der Waals surface area contributed by atoms with Gasteiger partial charge in [-0.05, 0) is 47.7 Å². The Kier molecular flexibility index (Phi) is 8.10. The summed E-state index contributed by atoms with van der Waals surface area (Å²) < 4.78 is 12.0. The first-order valence-electron chi connectivity index (χ1n) is 11.4.